The number of rotatable bonds is 5. The fraction of sp³-hybridized carbons (Fsp3) is 0.412. The van der Waals surface area contributed by atoms with Crippen molar-refractivity contribution in [3.05, 3.63) is 41.7 Å². The van der Waals surface area contributed by atoms with E-state index in [1.807, 2.05) is 20.9 Å². The van der Waals surface area contributed by atoms with Gasteiger partial charge in [-0.25, -0.2) is 0 Å². The molecule has 0 aliphatic rings. The minimum atomic E-state index is 0.0722. The van der Waals surface area contributed by atoms with Crippen molar-refractivity contribution in [2.24, 2.45) is 5.73 Å². The van der Waals surface area contributed by atoms with Crippen LogP contribution >= 0.6 is 0 Å². The minimum Gasteiger partial charge on any atom is -0.442 e. The number of anilines is 1. The fourth-order valence-corrected chi connectivity index (χ4v) is 1.58. The van der Waals surface area contributed by atoms with Crippen LogP contribution in [0.15, 0.2) is 30.6 Å². The van der Waals surface area contributed by atoms with Gasteiger partial charge in [-0.3, -0.25) is 4.79 Å². The Morgan fingerprint density at radius 3 is 2.18 bits per heavy atom. The van der Waals surface area contributed by atoms with Gasteiger partial charge >= 0.3 is 6.40 Å². The second-order valence-corrected chi connectivity index (χ2v) is 4.13. The van der Waals surface area contributed by atoms with Gasteiger partial charge in [-0.05, 0) is 25.0 Å². The molecule has 0 amide bonds. The van der Waals surface area contributed by atoms with Gasteiger partial charge in [0.2, 0.25) is 0 Å². The molecule has 5 nitrogen and oxygen atoms in total. The lowest BCUT2D eigenvalue weighted by Gasteiger charge is -2.07. The summed E-state index contributed by atoms with van der Waals surface area (Å²) < 4.78 is 6.32. The zero-order valence-corrected chi connectivity index (χ0v) is 14.6. The summed E-state index contributed by atoms with van der Waals surface area (Å²) in [5.41, 5.74) is 8.93. The zero-order chi connectivity index (χ0) is 17.4. The molecule has 0 spiro atoms. The van der Waals surface area contributed by atoms with Crippen molar-refractivity contribution in [1.82, 2.24) is 0 Å². The number of nitrogens with zero attached hydrogens (tertiary/aromatic N) is 1. The summed E-state index contributed by atoms with van der Waals surface area (Å²) in [7, 11) is 3.70. The Balaban J connectivity index is 0. The molecule has 0 aromatic heterocycles. The summed E-state index contributed by atoms with van der Waals surface area (Å²) in [6, 6.07) is 6.29. The third-order valence-electron chi connectivity index (χ3n) is 2.46. The summed E-state index contributed by atoms with van der Waals surface area (Å²) in [5.74, 6) is 0. The lowest BCUT2D eigenvalue weighted by atomic mass is 10.1. The Kier molecular flexibility index (Phi) is 15.1. The van der Waals surface area contributed by atoms with E-state index in [1.54, 1.807) is 17.8 Å². The van der Waals surface area contributed by atoms with Gasteiger partial charge in [0, 0.05) is 12.7 Å². The number of benzene rings is 1. The van der Waals surface area contributed by atoms with Crippen LogP contribution in [0.2, 0.25) is 0 Å². The number of ether oxygens (including phenoxy) is 1. The maximum absolute atomic E-state index is 9.74. The van der Waals surface area contributed by atoms with E-state index in [4.69, 9.17) is 10.5 Å². The highest BCUT2D eigenvalue weighted by Gasteiger charge is 1.96. The van der Waals surface area contributed by atoms with Gasteiger partial charge in [0.05, 0.1) is 6.20 Å². The van der Waals surface area contributed by atoms with Crippen molar-refractivity contribution in [1.29, 1.82) is 0 Å². The standard InChI is InChI=1S/C9H13N.C6H11N2O2.C2H6/c1-7-5-4-6-8(2)9(7)10-3;1-8(3-2-7)6-10-5-4-9;1-2/h4-6,10H,1-3H3;2-4,6H,5,7H2,1H3;1-2H3/q;+1;/b;3-2-,8-6?;. The van der Waals surface area contributed by atoms with Gasteiger partial charge in [-0.2, -0.15) is 4.58 Å². The number of aldehydes is 1. The molecule has 0 aliphatic carbocycles. The molecular weight excluding hydrogens is 278 g/mol. The van der Waals surface area contributed by atoms with Crippen LogP contribution in [0, 0.1) is 13.8 Å². The average Bonchev–Trinajstić information content (AvgIpc) is 2.51. The first-order chi connectivity index (χ1) is 10.6. The summed E-state index contributed by atoms with van der Waals surface area (Å²) >= 11 is 0. The van der Waals surface area contributed by atoms with E-state index in [2.05, 4.69) is 37.4 Å². The summed E-state index contributed by atoms with van der Waals surface area (Å²) in [5, 5.41) is 3.16. The van der Waals surface area contributed by atoms with Crippen LogP contribution in [0.1, 0.15) is 25.0 Å². The van der Waals surface area contributed by atoms with Crippen LogP contribution in [-0.2, 0) is 9.53 Å². The summed E-state index contributed by atoms with van der Waals surface area (Å²) in [4.78, 5) is 9.74. The first kappa shape index (κ1) is 22.0. The molecular formula is C17H30N3O2+. The lowest BCUT2D eigenvalue weighted by Crippen LogP contribution is -2.03. The molecule has 124 valence electrons. The quantitative estimate of drug-likeness (QED) is 0.288. The van der Waals surface area contributed by atoms with E-state index < -0.39 is 0 Å². The van der Waals surface area contributed by atoms with E-state index in [-0.39, 0.29) is 6.61 Å². The molecule has 0 atom stereocenters. The van der Waals surface area contributed by atoms with Crippen molar-refractivity contribution >= 4 is 18.4 Å². The number of carbonyl (C=O) groups excluding carboxylic acids is 1. The van der Waals surface area contributed by atoms with Crippen molar-refractivity contribution in [2.75, 3.05) is 26.0 Å². The number of nitrogens with two attached hydrogens (primary N) is 1. The molecule has 1 aromatic rings. The van der Waals surface area contributed by atoms with Crippen LogP contribution in [0.5, 0.6) is 0 Å². The van der Waals surface area contributed by atoms with Gasteiger partial charge < -0.3 is 15.8 Å². The van der Waals surface area contributed by atoms with Crippen molar-refractivity contribution < 1.29 is 14.1 Å². The minimum absolute atomic E-state index is 0.0722. The second-order valence-electron chi connectivity index (χ2n) is 4.13. The zero-order valence-electron chi connectivity index (χ0n) is 14.6. The van der Waals surface area contributed by atoms with Gasteiger partial charge in [0.25, 0.3) is 0 Å². The summed E-state index contributed by atoms with van der Waals surface area (Å²) in [6.45, 7) is 8.29. The van der Waals surface area contributed by atoms with E-state index in [0.717, 1.165) is 0 Å². The third kappa shape index (κ3) is 10.5. The SMILES string of the molecule is CC.CNc1c(C)cccc1C.C[N+](=COCC=O)/C=C\N. The number of hydrogen-bond donors (Lipinski definition) is 2. The number of nitrogens with one attached hydrogen (secondary N) is 1. The Labute approximate surface area is 134 Å². The molecule has 0 heterocycles. The van der Waals surface area contributed by atoms with Crippen LogP contribution in [0.4, 0.5) is 5.69 Å². The molecule has 0 fully saturated rings. The van der Waals surface area contributed by atoms with Crippen LogP contribution in [0.3, 0.4) is 0 Å². The smallest absolute Gasteiger partial charge is 0.329 e. The molecule has 3 N–H and O–H groups in total. The molecule has 0 aliphatic heterocycles. The monoisotopic (exact) mass is 308 g/mol. The van der Waals surface area contributed by atoms with Crippen molar-refractivity contribution in [3.8, 4) is 0 Å². The largest absolute Gasteiger partial charge is 0.442 e. The van der Waals surface area contributed by atoms with Gasteiger partial charge in [0.1, 0.15) is 13.7 Å². The predicted octanol–water partition coefficient (Wildman–Crippen LogP) is 2.67. The number of para-hydroxylation sites is 1. The average molecular weight is 308 g/mol. The molecule has 0 saturated carbocycles. The van der Waals surface area contributed by atoms with E-state index >= 15 is 0 Å². The van der Waals surface area contributed by atoms with Crippen LogP contribution in [0.25, 0.3) is 0 Å². The topological polar surface area (TPSA) is 67.4 Å². The van der Waals surface area contributed by atoms with E-state index in [0.29, 0.717) is 6.29 Å². The van der Waals surface area contributed by atoms with Gasteiger partial charge in [0.15, 0.2) is 12.5 Å². The first-order valence-corrected chi connectivity index (χ1v) is 7.29. The Morgan fingerprint density at radius 1 is 1.27 bits per heavy atom. The van der Waals surface area contributed by atoms with E-state index in [9.17, 15) is 4.79 Å². The number of carbonyl (C=O) groups is 1. The highest BCUT2D eigenvalue weighted by molar-refractivity contribution is 5.56. The normalized spacial score (nSPS) is 10.0. The molecule has 1 aromatic carbocycles. The Hall–Kier alpha value is -2.30. The van der Waals surface area contributed by atoms with Crippen molar-refractivity contribution in [3.63, 3.8) is 0 Å². The molecule has 1 rings (SSSR count). The molecule has 5 heteroatoms. The molecule has 0 unspecified atom stereocenters. The number of aryl methyl sites for hydroxylation is 2. The van der Waals surface area contributed by atoms with Crippen molar-refractivity contribution in [2.45, 2.75) is 27.7 Å². The lowest BCUT2D eigenvalue weighted by molar-refractivity contribution is -0.426. The highest BCUT2D eigenvalue weighted by Crippen LogP contribution is 2.17. The Bertz CT molecular complexity index is 449. The highest BCUT2D eigenvalue weighted by atomic mass is 16.5. The van der Waals surface area contributed by atoms with Crippen LogP contribution in [-0.4, -0.2) is 38.0 Å². The van der Waals surface area contributed by atoms with Gasteiger partial charge in [-0.15, -0.1) is 0 Å². The maximum atomic E-state index is 9.74. The van der Waals surface area contributed by atoms with E-state index in [1.165, 1.54) is 29.4 Å². The first-order valence-electron chi connectivity index (χ1n) is 7.29. The van der Waals surface area contributed by atoms with Crippen LogP contribution < -0.4 is 11.1 Å². The molecule has 22 heavy (non-hydrogen) atoms. The fourth-order valence-electron chi connectivity index (χ4n) is 1.58. The third-order valence-corrected chi connectivity index (χ3v) is 2.46. The maximum Gasteiger partial charge on any atom is 0.329 e. The number of hydrogen-bond acceptors (Lipinski definition) is 4. The summed E-state index contributed by atoms with van der Waals surface area (Å²) in [6.07, 6.45) is 5.06. The van der Waals surface area contributed by atoms with Gasteiger partial charge in [-0.1, -0.05) is 32.0 Å². The Morgan fingerprint density at radius 2 is 1.82 bits per heavy atom. The molecule has 0 bridgehead atoms. The molecule has 0 saturated heterocycles. The predicted molar refractivity (Wildman–Crippen MR) is 94.4 cm³/mol. The molecule has 0 radical (unpaired) electrons. The second kappa shape index (κ2) is 15.1.